The van der Waals surface area contributed by atoms with E-state index < -0.39 is 26.0 Å². The Hall–Kier alpha value is -3.21. The highest BCUT2D eigenvalue weighted by atomic mass is 32.2. The van der Waals surface area contributed by atoms with E-state index in [1.165, 1.54) is 30.5 Å². The van der Waals surface area contributed by atoms with Crippen molar-refractivity contribution >= 4 is 37.3 Å². The molecule has 1 aliphatic heterocycles. The van der Waals surface area contributed by atoms with E-state index in [0.29, 0.717) is 35.5 Å². The normalized spacial score (nSPS) is 13.7. The number of amides is 1. The number of nitrogens with zero attached hydrogens (tertiary/aromatic N) is 2. The Bertz CT molecular complexity index is 1510. The number of sulfonamides is 2. The quantitative estimate of drug-likeness (QED) is 0.543. The van der Waals surface area contributed by atoms with Gasteiger partial charge >= 0.3 is 0 Å². The van der Waals surface area contributed by atoms with Gasteiger partial charge in [0.05, 0.1) is 15.5 Å². The van der Waals surface area contributed by atoms with Crippen LogP contribution in [0.15, 0.2) is 70.5 Å². The first-order valence-corrected chi connectivity index (χ1v) is 13.9. The van der Waals surface area contributed by atoms with E-state index in [-0.39, 0.29) is 9.79 Å². The minimum Gasteiger partial charge on any atom is -0.322 e. The predicted molar refractivity (Wildman–Crippen MR) is 136 cm³/mol. The molecular formula is C25H27N3O5S2. The molecule has 4 rings (SSSR count). The number of aryl methyl sites for hydroxylation is 2. The Labute approximate surface area is 206 Å². The van der Waals surface area contributed by atoms with Crippen LogP contribution in [0, 0.1) is 13.8 Å². The minimum absolute atomic E-state index is 0.0781. The fourth-order valence-electron chi connectivity index (χ4n) is 3.90. The third kappa shape index (κ3) is 4.69. The van der Waals surface area contributed by atoms with E-state index >= 15 is 0 Å². The Morgan fingerprint density at radius 1 is 0.886 bits per heavy atom. The number of hydrogen-bond donors (Lipinski definition) is 1. The Kier molecular flexibility index (Phi) is 6.48. The molecule has 0 bridgehead atoms. The third-order valence-corrected chi connectivity index (χ3v) is 9.68. The van der Waals surface area contributed by atoms with Crippen LogP contribution in [-0.2, 0) is 26.5 Å². The van der Waals surface area contributed by atoms with E-state index in [2.05, 4.69) is 5.32 Å². The van der Waals surface area contributed by atoms with Gasteiger partial charge in [-0.2, -0.15) is 0 Å². The van der Waals surface area contributed by atoms with Crippen molar-refractivity contribution in [1.29, 1.82) is 0 Å². The molecule has 3 aromatic rings. The molecule has 1 N–H and O–H groups in total. The van der Waals surface area contributed by atoms with Gasteiger partial charge in [0.2, 0.25) is 10.0 Å². The molecule has 8 nitrogen and oxygen atoms in total. The summed E-state index contributed by atoms with van der Waals surface area (Å²) in [5.74, 6) is -0.407. The number of rotatable bonds is 6. The second-order valence-corrected chi connectivity index (χ2v) is 12.7. The van der Waals surface area contributed by atoms with Gasteiger partial charge in [-0.15, -0.1) is 0 Å². The minimum atomic E-state index is -3.71. The summed E-state index contributed by atoms with van der Waals surface area (Å²) >= 11 is 0. The van der Waals surface area contributed by atoms with Crippen LogP contribution in [0.25, 0.3) is 0 Å². The highest BCUT2D eigenvalue weighted by molar-refractivity contribution is 7.92. The molecule has 3 aromatic carbocycles. The van der Waals surface area contributed by atoms with Gasteiger partial charge in [0.25, 0.3) is 15.9 Å². The lowest BCUT2D eigenvalue weighted by Gasteiger charge is -2.20. The molecule has 0 atom stereocenters. The number of fused-ring (bicyclic) bond motifs is 1. The number of benzene rings is 3. The number of anilines is 2. The van der Waals surface area contributed by atoms with Gasteiger partial charge in [-0.25, -0.2) is 21.1 Å². The van der Waals surface area contributed by atoms with Crippen molar-refractivity contribution < 1.29 is 21.6 Å². The summed E-state index contributed by atoms with van der Waals surface area (Å²) in [5, 5.41) is 2.79. The lowest BCUT2D eigenvalue weighted by Crippen LogP contribution is -2.29. The predicted octanol–water partition coefficient (Wildman–Crippen LogP) is 3.56. The summed E-state index contributed by atoms with van der Waals surface area (Å²) in [6.45, 7) is 3.96. The van der Waals surface area contributed by atoms with E-state index in [9.17, 15) is 21.6 Å². The van der Waals surface area contributed by atoms with E-state index in [4.69, 9.17) is 0 Å². The monoisotopic (exact) mass is 513 g/mol. The van der Waals surface area contributed by atoms with Crippen LogP contribution >= 0.6 is 0 Å². The standard InChI is InChI=1S/C25H27N3O5S2/c1-17-5-9-21(10-6-17)35(32,33)28-14-13-19-15-20(8-12-24(19)28)25(29)26-23-16-22(11-7-18(23)2)34(30,31)27(3)4/h5-12,15-16H,13-14H2,1-4H3,(H,26,29). The molecule has 1 amide bonds. The SMILES string of the molecule is Cc1ccc(S(=O)(=O)N2CCc3cc(C(=O)Nc4cc(S(=O)(=O)N(C)C)ccc4C)ccc32)cc1. The van der Waals surface area contributed by atoms with Gasteiger partial charge in [0.15, 0.2) is 0 Å². The molecule has 35 heavy (non-hydrogen) atoms. The van der Waals surface area contributed by atoms with Crippen molar-refractivity contribution in [2.45, 2.75) is 30.1 Å². The molecule has 0 fully saturated rings. The molecule has 0 saturated heterocycles. The highest BCUT2D eigenvalue weighted by Crippen LogP contribution is 2.34. The zero-order chi connectivity index (χ0) is 25.5. The largest absolute Gasteiger partial charge is 0.322 e. The van der Waals surface area contributed by atoms with Crippen LogP contribution in [0.4, 0.5) is 11.4 Å². The van der Waals surface area contributed by atoms with E-state index in [1.54, 1.807) is 55.5 Å². The molecule has 1 aliphatic rings. The molecule has 10 heteroatoms. The lowest BCUT2D eigenvalue weighted by molar-refractivity contribution is 0.102. The first-order valence-electron chi connectivity index (χ1n) is 11.0. The summed E-state index contributed by atoms with van der Waals surface area (Å²) in [4.78, 5) is 13.3. The van der Waals surface area contributed by atoms with Crippen molar-refractivity contribution in [2.24, 2.45) is 0 Å². The number of carbonyl (C=O) groups is 1. The second kappa shape index (κ2) is 9.10. The fraction of sp³-hybridized carbons (Fsp3) is 0.240. The number of hydrogen-bond acceptors (Lipinski definition) is 5. The van der Waals surface area contributed by atoms with Crippen molar-refractivity contribution in [1.82, 2.24) is 4.31 Å². The summed E-state index contributed by atoms with van der Waals surface area (Å²) in [6.07, 6.45) is 0.483. The first-order chi connectivity index (χ1) is 16.4. The molecule has 0 aliphatic carbocycles. The summed E-state index contributed by atoms with van der Waals surface area (Å²) in [5.41, 5.74) is 3.75. The molecule has 0 saturated carbocycles. The van der Waals surface area contributed by atoms with Crippen LogP contribution in [0.5, 0.6) is 0 Å². The van der Waals surface area contributed by atoms with E-state index in [1.807, 2.05) is 6.92 Å². The lowest BCUT2D eigenvalue weighted by atomic mass is 10.1. The van der Waals surface area contributed by atoms with Crippen molar-refractivity contribution in [3.05, 3.63) is 82.9 Å². The van der Waals surface area contributed by atoms with Crippen molar-refractivity contribution in [3.63, 3.8) is 0 Å². The molecule has 184 valence electrons. The topological polar surface area (TPSA) is 104 Å². The van der Waals surface area contributed by atoms with Crippen LogP contribution in [0.2, 0.25) is 0 Å². The average Bonchev–Trinajstić information content (AvgIpc) is 3.24. The molecule has 0 unspecified atom stereocenters. The first kappa shape index (κ1) is 24.9. The molecular weight excluding hydrogens is 486 g/mol. The number of carbonyl (C=O) groups excluding carboxylic acids is 1. The van der Waals surface area contributed by atoms with Gasteiger partial charge in [-0.05, 0) is 73.9 Å². The van der Waals surface area contributed by atoms with Gasteiger partial charge < -0.3 is 5.32 Å². The zero-order valence-electron chi connectivity index (χ0n) is 19.9. The maximum absolute atomic E-state index is 13.2. The van der Waals surface area contributed by atoms with Crippen LogP contribution in [0.1, 0.15) is 27.0 Å². The van der Waals surface area contributed by atoms with Gasteiger partial charge in [0, 0.05) is 31.9 Å². The maximum Gasteiger partial charge on any atom is 0.264 e. The Morgan fingerprint density at radius 3 is 2.20 bits per heavy atom. The van der Waals surface area contributed by atoms with Crippen LogP contribution < -0.4 is 9.62 Å². The molecule has 0 aromatic heterocycles. The van der Waals surface area contributed by atoms with Crippen molar-refractivity contribution in [3.8, 4) is 0 Å². The smallest absolute Gasteiger partial charge is 0.264 e. The summed E-state index contributed by atoms with van der Waals surface area (Å²) in [7, 11) is -4.47. The Balaban J connectivity index is 1.59. The average molecular weight is 514 g/mol. The number of nitrogens with one attached hydrogen (secondary N) is 1. The van der Waals surface area contributed by atoms with Crippen LogP contribution in [-0.4, -0.2) is 47.7 Å². The Morgan fingerprint density at radius 2 is 1.54 bits per heavy atom. The highest BCUT2D eigenvalue weighted by Gasteiger charge is 2.31. The fourth-order valence-corrected chi connectivity index (χ4v) is 6.33. The molecule has 0 spiro atoms. The third-order valence-electron chi connectivity index (χ3n) is 6.04. The summed E-state index contributed by atoms with van der Waals surface area (Å²) in [6, 6.07) is 16.2. The zero-order valence-corrected chi connectivity index (χ0v) is 21.6. The molecule has 0 radical (unpaired) electrons. The maximum atomic E-state index is 13.2. The van der Waals surface area contributed by atoms with Gasteiger partial charge in [0.1, 0.15) is 0 Å². The second-order valence-electron chi connectivity index (χ2n) is 8.70. The van der Waals surface area contributed by atoms with Gasteiger partial charge in [-0.3, -0.25) is 9.10 Å². The summed E-state index contributed by atoms with van der Waals surface area (Å²) < 4.78 is 53.7. The van der Waals surface area contributed by atoms with Crippen LogP contribution in [0.3, 0.4) is 0 Å². The van der Waals surface area contributed by atoms with E-state index in [0.717, 1.165) is 15.4 Å². The molecule has 1 heterocycles. The van der Waals surface area contributed by atoms with Crippen molar-refractivity contribution in [2.75, 3.05) is 30.3 Å². The van der Waals surface area contributed by atoms with Gasteiger partial charge in [-0.1, -0.05) is 23.8 Å².